The molecule has 0 saturated heterocycles. The van der Waals surface area contributed by atoms with E-state index in [1.165, 1.54) is 24.3 Å². The topological polar surface area (TPSA) is 96.0 Å². The third kappa shape index (κ3) is 5.80. The number of hydrogen-bond acceptors (Lipinski definition) is 5. The molecule has 2 rings (SSSR count). The summed E-state index contributed by atoms with van der Waals surface area (Å²) in [6, 6.07) is 6.19. The van der Waals surface area contributed by atoms with E-state index in [0.29, 0.717) is 24.6 Å². The quantitative estimate of drug-likeness (QED) is 0.622. The summed E-state index contributed by atoms with van der Waals surface area (Å²) in [6.07, 6.45) is 3.24. The number of hydrogen-bond donors (Lipinski definition) is 3. The van der Waals surface area contributed by atoms with E-state index in [-0.39, 0.29) is 11.8 Å². The van der Waals surface area contributed by atoms with Gasteiger partial charge in [-0.3, -0.25) is 9.59 Å². The third-order valence-corrected chi connectivity index (χ3v) is 3.62. The number of carbonyl (C=O) groups is 2. The van der Waals surface area contributed by atoms with Gasteiger partial charge in [-0.25, -0.2) is 14.4 Å². The molecule has 1 aromatic carbocycles. The van der Waals surface area contributed by atoms with E-state index in [0.717, 1.165) is 0 Å². The molecule has 0 spiro atoms. The van der Waals surface area contributed by atoms with Crippen molar-refractivity contribution in [3.63, 3.8) is 0 Å². The van der Waals surface area contributed by atoms with Crippen molar-refractivity contribution in [1.29, 1.82) is 0 Å². The maximum absolute atomic E-state index is 13.0. The Hall–Kier alpha value is -3.03. The lowest BCUT2D eigenvalue weighted by Crippen LogP contribution is -2.50. The summed E-state index contributed by atoms with van der Waals surface area (Å²) in [5, 5.41) is 8.44. The minimum atomic E-state index is -0.694. The second kappa shape index (κ2) is 9.45. The summed E-state index contributed by atoms with van der Waals surface area (Å²) in [6.45, 7) is 4.48. The number of benzene rings is 1. The van der Waals surface area contributed by atoms with E-state index >= 15 is 0 Å². The van der Waals surface area contributed by atoms with Crippen molar-refractivity contribution in [2.75, 3.05) is 18.4 Å². The minimum absolute atomic E-state index is 0.107. The number of amides is 2. The van der Waals surface area contributed by atoms with Crippen LogP contribution in [0.15, 0.2) is 42.7 Å². The monoisotopic (exact) mass is 359 g/mol. The molecular weight excluding hydrogens is 337 g/mol. The zero-order valence-corrected chi connectivity index (χ0v) is 14.7. The lowest BCUT2D eigenvalue weighted by Gasteiger charge is -2.21. The summed E-state index contributed by atoms with van der Waals surface area (Å²) in [7, 11) is 0. The summed E-state index contributed by atoms with van der Waals surface area (Å²) < 4.78 is 13.0. The van der Waals surface area contributed by atoms with Crippen LogP contribution in [0.25, 0.3) is 0 Å². The summed E-state index contributed by atoms with van der Waals surface area (Å²) in [4.78, 5) is 32.7. The zero-order valence-electron chi connectivity index (χ0n) is 14.7. The van der Waals surface area contributed by atoms with Gasteiger partial charge in [0.25, 0.3) is 5.91 Å². The molecule has 1 aromatic heterocycles. The van der Waals surface area contributed by atoms with Crippen LogP contribution in [0.2, 0.25) is 0 Å². The second-order valence-electron chi connectivity index (χ2n) is 5.99. The average molecular weight is 359 g/mol. The van der Waals surface area contributed by atoms with Crippen LogP contribution in [0.4, 0.5) is 10.3 Å². The SMILES string of the molecule is CC(C)C(NC(=O)c1ccc(F)cc1)C(=O)NCCNc1ncccn1. The first-order chi connectivity index (χ1) is 12.5. The van der Waals surface area contributed by atoms with Crippen LogP contribution >= 0.6 is 0 Å². The van der Waals surface area contributed by atoms with Crippen LogP contribution in [-0.2, 0) is 4.79 Å². The van der Waals surface area contributed by atoms with Crippen LogP contribution in [-0.4, -0.2) is 40.9 Å². The van der Waals surface area contributed by atoms with Gasteiger partial charge in [-0.1, -0.05) is 13.8 Å². The molecule has 0 saturated carbocycles. The Bertz CT molecular complexity index is 722. The molecule has 138 valence electrons. The van der Waals surface area contributed by atoms with E-state index in [4.69, 9.17) is 0 Å². The number of anilines is 1. The minimum Gasteiger partial charge on any atom is -0.353 e. The highest BCUT2D eigenvalue weighted by atomic mass is 19.1. The Labute approximate surface area is 151 Å². The fraction of sp³-hybridized carbons (Fsp3) is 0.333. The van der Waals surface area contributed by atoms with Gasteiger partial charge in [-0.05, 0) is 36.2 Å². The lowest BCUT2D eigenvalue weighted by molar-refractivity contribution is -0.123. The predicted octanol–water partition coefficient (Wildman–Crippen LogP) is 1.60. The predicted molar refractivity (Wildman–Crippen MR) is 96.0 cm³/mol. The van der Waals surface area contributed by atoms with Gasteiger partial charge in [0.1, 0.15) is 11.9 Å². The van der Waals surface area contributed by atoms with Crippen molar-refractivity contribution < 1.29 is 14.0 Å². The molecule has 1 atom stereocenters. The third-order valence-electron chi connectivity index (χ3n) is 3.62. The van der Waals surface area contributed by atoms with Gasteiger partial charge in [-0.15, -0.1) is 0 Å². The van der Waals surface area contributed by atoms with Gasteiger partial charge in [0.05, 0.1) is 0 Å². The Morgan fingerprint density at radius 1 is 1.08 bits per heavy atom. The molecule has 2 amide bonds. The summed E-state index contributed by atoms with van der Waals surface area (Å²) >= 11 is 0. The molecule has 0 fully saturated rings. The molecule has 7 nitrogen and oxygen atoms in total. The van der Waals surface area contributed by atoms with E-state index < -0.39 is 17.8 Å². The number of rotatable bonds is 8. The largest absolute Gasteiger partial charge is 0.353 e. The number of nitrogens with zero attached hydrogens (tertiary/aromatic N) is 2. The Kier molecular flexibility index (Phi) is 7.02. The maximum Gasteiger partial charge on any atom is 0.251 e. The highest BCUT2D eigenvalue weighted by Crippen LogP contribution is 2.06. The molecule has 0 aliphatic heterocycles. The van der Waals surface area contributed by atoms with Gasteiger partial charge in [0.2, 0.25) is 11.9 Å². The van der Waals surface area contributed by atoms with Crippen molar-refractivity contribution in [1.82, 2.24) is 20.6 Å². The summed E-state index contributed by atoms with van der Waals surface area (Å²) in [5.41, 5.74) is 0.299. The number of aromatic nitrogens is 2. The molecule has 0 aliphatic carbocycles. The first-order valence-corrected chi connectivity index (χ1v) is 8.32. The molecule has 3 N–H and O–H groups in total. The smallest absolute Gasteiger partial charge is 0.251 e. The second-order valence-corrected chi connectivity index (χ2v) is 5.99. The van der Waals surface area contributed by atoms with Crippen molar-refractivity contribution in [3.8, 4) is 0 Å². The first-order valence-electron chi connectivity index (χ1n) is 8.32. The molecule has 2 aromatic rings. The molecule has 0 radical (unpaired) electrons. The lowest BCUT2D eigenvalue weighted by atomic mass is 10.0. The molecule has 1 unspecified atom stereocenters. The van der Waals surface area contributed by atoms with Gasteiger partial charge >= 0.3 is 0 Å². The van der Waals surface area contributed by atoms with Gasteiger partial charge in [0.15, 0.2) is 0 Å². The van der Waals surface area contributed by atoms with E-state index in [1.807, 2.05) is 13.8 Å². The van der Waals surface area contributed by atoms with Crippen LogP contribution in [0.5, 0.6) is 0 Å². The molecule has 1 heterocycles. The standard InChI is InChI=1S/C18H22FN5O2/c1-12(2)15(24-16(25)13-4-6-14(19)7-5-13)17(26)20-10-11-23-18-21-8-3-9-22-18/h3-9,12,15H,10-11H2,1-2H3,(H,20,26)(H,24,25)(H,21,22,23). The fourth-order valence-corrected chi connectivity index (χ4v) is 2.22. The molecule has 26 heavy (non-hydrogen) atoms. The average Bonchev–Trinajstić information content (AvgIpc) is 2.64. The van der Waals surface area contributed by atoms with Crippen molar-refractivity contribution in [2.24, 2.45) is 5.92 Å². The van der Waals surface area contributed by atoms with Crippen molar-refractivity contribution in [2.45, 2.75) is 19.9 Å². The van der Waals surface area contributed by atoms with Crippen molar-refractivity contribution in [3.05, 3.63) is 54.1 Å². The van der Waals surface area contributed by atoms with Crippen LogP contribution < -0.4 is 16.0 Å². The van der Waals surface area contributed by atoms with Crippen LogP contribution in [0, 0.1) is 11.7 Å². The van der Waals surface area contributed by atoms with Crippen LogP contribution in [0.3, 0.4) is 0 Å². The zero-order chi connectivity index (χ0) is 18.9. The molecule has 0 aliphatic rings. The highest BCUT2D eigenvalue weighted by Gasteiger charge is 2.24. The maximum atomic E-state index is 13.0. The van der Waals surface area contributed by atoms with E-state index in [9.17, 15) is 14.0 Å². The Balaban J connectivity index is 1.84. The highest BCUT2D eigenvalue weighted by molar-refractivity contribution is 5.97. The number of nitrogens with one attached hydrogen (secondary N) is 3. The Morgan fingerprint density at radius 2 is 1.73 bits per heavy atom. The number of halogens is 1. The number of carbonyl (C=O) groups excluding carboxylic acids is 2. The first kappa shape index (κ1) is 19.3. The molecule has 8 heteroatoms. The van der Waals surface area contributed by atoms with E-state index in [1.54, 1.807) is 18.5 Å². The van der Waals surface area contributed by atoms with Crippen molar-refractivity contribution >= 4 is 17.8 Å². The fourth-order valence-electron chi connectivity index (χ4n) is 2.22. The van der Waals surface area contributed by atoms with Crippen LogP contribution in [0.1, 0.15) is 24.2 Å². The molecular formula is C18H22FN5O2. The van der Waals surface area contributed by atoms with E-state index in [2.05, 4.69) is 25.9 Å². The Morgan fingerprint density at radius 3 is 2.35 bits per heavy atom. The molecule has 0 bridgehead atoms. The van der Waals surface area contributed by atoms with Gasteiger partial charge in [-0.2, -0.15) is 0 Å². The summed E-state index contributed by atoms with van der Waals surface area (Å²) in [5.74, 6) is -0.757. The van der Waals surface area contributed by atoms with Gasteiger partial charge < -0.3 is 16.0 Å². The normalized spacial score (nSPS) is 11.7. The van der Waals surface area contributed by atoms with Gasteiger partial charge in [0, 0.05) is 31.0 Å².